The van der Waals surface area contributed by atoms with Gasteiger partial charge in [-0.2, -0.15) is 0 Å². The van der Waals surface area contributed by atoms with Crippen LogP contribution in [0.25, 0.3) is 11.0 Å². The van der Waals surface area contributed by atoms with Gasteiger partial charge in [0.2, 0.25) is 10.0 Å². The van der Waals surface area contributed by atoms with Crippen molar-refractivity contribution in [3.63, 3.8) is 0 Å². The van der Waals surface area contributed by atoms with Gasteiger partial charge >= 0.3 is 0 Å². The molecule has 0 amide bonds. The third-order valence-electron chi connectivity index (χ3n) is 3.51. The molecule has 1 aromatic carbocycles. The fraction of sp³-hybridized carbons (Fsp3) is 0.462. The Kier molecular flexibility index (Phi) is 2.87. The predicted molar refractivity (Wildman–Crippen MR) is 74.2 cm³/mol. The van der Waals surface area contributed by atoms with Crippen molar-refractivity contribution in [1.29, 1.82) is 0 Å². The summed E-state index contributed by atoms with van der Waals surface area (Å²) >= 11 is 0. The zero-order valence-corrected chi connectivity index (χ0v) is 11.8. The number of aryl methyl sites for hydroxylation is 1. The van der Waals surface area contributed by atoms with Crippen LogP contribution in [0, 0.1) is 0 Å². The van der Waals surface area contributed by atoms with Crippen LogP contribution in [-0.2, 0) is 17.1 Å². The summed E-state index contributed by atoms with van der Waals surface area (Å²) in [5.74, 6) is 0.741. The average molecular weight is 279 g/mol. The van der Waals surface area contributed by atoms with Crippen molar-refractivity contribution in [3.8, 4) is 0 Å². The van der Waals surface area contributed by atoms with Crippen LogP contribution in [0.15, 0.2) is 24.3 Å². The molecule has 1 fully saturated rings. The molecule has 102 valence electrons. The van der Waals surface area contributed by atoms with E-state index in [0.717, 1.165) is 29.7 Å². The summed E-state index contributed by atoms with van der Waals surface area (Å²) in [6, 6.07) is 7.47. The Bertz CT molecular complexity index is 717. The molecule has 0 bridgehead atoms. The molecule has 3 rings (SSSR count). The summed E-state index contributed by atoms with van der Waals surface area (Å²) in [6.07, 6.45) is 1.54. The molecule has 5 nitrogen and oxygen atoms in total. The van der Waals surface area contributed by atoms with E-state index < -0.39 is 10.0 Å². The summed E-state index contributed by atoms with van der Waals surface area (Å²) < 4.78 is 28.6. The van der Waals surface area contributed by atoms with Crippen molar-refractivity contribution in [2.45, 2.75) is 31.1 Å². The van der Waals surface area contributed by atoms with Gasteiger partial charge in [0.15, 0.2) is 0 Å². The maximum Gasteiger partial charge on any atom is 0.215 e. The lowest BCUT2D eigenvalue weighted by Crippen LogP contribution is -2.31. The fourth-order valence-electron chi connectivity index (χ4n) is 2.33. The van der Waals surface area contributed by atoms with E-state index in [9.17, 15) is 8.42 Å². The van der Waals surface area contributed by atoms with E-state index in [-0.39, 0.29) is 11.3 Å². The van der Waals surface area contributed by atoms with E-state index >= 15 is 0 Å². The highest BCUT2D eigenvalue weighted by Crippen LogP contribution is 2.29. The van der Waals surface area contributed by atoms with E-state index in [0.29, 0.717) is 0 Å². The number of hydrogen-bond donors (Lipinski definition) is 1. The molecule has 1 saturated carbocycles. The van der Waals surface area contributed by atoms with Crippen molar-refractivity contribution in [2.24, 2.45) is 7.05 Å². The smallest absolute Gasteiger partial charge is 0.215 e. The van der Waals surface area contributed by atoms with Gasteiger partial charge in [-0.05, 0) is 31.9 Å². The Morgan fingerprint density at radius 1 is 1.37 bits per heavy atom. The number of sulfonamides is 1. The van der Waals surface area contributed by atoms with Crippen LogP contribution in [0.4, 0.5) is 0 Å². The van der Waals surface area contributed by atoms with E-state index in [4.69, 9.17) is 0 Å². The van der Waals surface area contributed by atoms with Crippen molar-refractivity contribution in [2.75, 3.05) is 0 Å². The van der Waals surface area contributed by atoms with Gasteiger partial charge in [0.1, 0.15) is 5.82 Å². The fourth-order valence-corrected chi connectivity index (χ4v) is 3.87. The summed E-state index contributed by atoms with van der Waals surface area (Å²) in [4.78, 5) is 4.51. The molecule has 1 aliphatic rings. The second kappa shape index (κ2) is 4.31. The van der Waals surface area contributed by atoms with Gasteiger partial charge in [-0.1, -0.05) is 12.1 Å². The summed E-state index contributed by atoms with van der Waals surface area (Å²) in [5, 5.41) is -0.204. The van der Waals surface area contributed by atoms with E-state index in [1.807, 2.05) is 42.8 Å². The maximum atomic E-state index is 12.0. The van der Waals surface area contributed by atoms with Gasteiger partial charge in [0.05, 0.1) is 22.3 Å². The van der Waals surface area contributed by atoms with Crippen molar-refractivity contribution in [1.82, 2.24) is 14.3 Å². The standard InChI is InChI=1S/C13H17N3O2S/c1-9(15-19(17,18)10-7-8-10)13-14-11-5-3-4-6-12(11)16(13)2/h3-6,9-10,15H,7-8H2,1-2H3/t9-/m1/s1. The molecule has 0 radical (unpaired) electrons. The Morgan fingerprint density at radius 2 is 2.05 bits per heavy atom. The van der Waals surface area contributed by atoms with E-state index in [1.165, 1.54) is 0 Å². The van der Waals surface area contributed by atoms with E-state index in [2.05, 4.69) is 9.71 Å². The van der Waals surface area contributed by atoms with Gasteiger partial charge < -0.3 is 4.57 Å². The zero-order chi connectivity index (χ0) is 13.6. The number of benzene rings is 1. The van der Waals surface area contributed by atoms with Gasteiger partial charge in [-0.3, -0.25) is 0 Å². The first-order chi connectivity index (χ1) is 8.99. The van der Waals surface area contributed by atoms with Crippen LogP contribution in [0.5, 0.6) is 0 Å². The first-order valence-electron chi connectivity index (χ1n) is 6.41. The summed E-state index contributed by atoms with van der Waals surface area (Å²) in [5.41, 5.74) is 1.90. The molecule has 6 heteroatoms. The van der Waals surface area contributed by atoms with Gasteiger partial charge in [-0.15, -0.1) is 0 Å². The number of hydrogen-bond acceptors (Lipinski definition) is 3. The lowest BCUT2D eigenvalue weighted by Gasteiger charge is -2.13. The number of nitrogens with zero attached hydrogens (tertiary/aromatic N) is 2. The van der Waals surface area contributed by atoms with Crippen LogP contribution in [-0.4, -0.2) is 23.2 Å². The highest BCUT2D eigenvalue weighted by molar-refractivity contribution is 7.90. The predicted octanol–water partition coefficient (Wildman–Crippen LogP) is 1.72. The van der Waals surface area contributed by atoms with Gasteiger partial charge in [0, 0.05) is 7.05 Å². The van der Waals surface area contributed by atoms with Crippen molar-refractivity contribution >= 4 is 21.1 Å². The first kappa shape index (κ1) is 12.6. The molecular formula is C13H17N3O2S. The molecule has 2 aromatic rings. The highest BCUT2D eigenvalue weighted by Gasteiger charge is 2.37. The normalized spacial score (nSPS) is 17.8. The average Bonchev–Trinajstić information content (AvgIpc) is 3.16. The number of imidazole rings is 1. The molecule has 1 aromatic heterocycles. The number of nitrogens with one attached hydrogen (secondary N) is 1. The summed E-state index contributed by atoms with van der Waals surface area (Å²) in [6.45, 7) is 1.83. The molecule has 1 N–H and O–H groups in total. The van der Waals surface area contributed by atoms with Crippen LogP contribution in [0.2, 0.25) is 0 Å². The molecule has 1 heterocycles. The zero-order valence-electron chi connectivity index (χ0n) is 11.0. The summed E-state index contributed by atoms with van der Waals surface area (Å²) in [7, 11) is -1.28. The molecule has 0 unspecified atom stereocenters. The number of aromatic nitrogens is 2. The number of para-hydroxylation sites is 2. The Balaban J connectivity index is 1.93. The molecule has 19 heavy (non-hydrogen) atoms. The number of fused-ring (bicyclic) bond motifs is 1. The second-order valence-corrected chi connectivity index (χ2v) is 7.09. The van der Waals surface area contributed by atoms with Crippen molar-refractivity contribution in [3.05, 3.63) is 30.1 Å². The molecule has 1 atom stereocenters. The minimum absolute atomic E-state index is 0.204. The lowest BCUT2D eigenvalue weighted by atomic mass is 10.3. The SMILES string of the molecule is C[C@@H](NS(=O)(=O)C1CC1)c1nc2ccccc2n1C. The molecule has 0 aliphatic heterocycles. The largest absolute Gasteiger partial charge is 0.330 e. The third-order valence-corrected chi connectivity index (χ3v) is 5.54. The van der Waals surface area contributed by atoms with Crippen LogP contribution in [0.1, 0.15) is 31.6 Å². The van der Waals surface area contributed by atoms with Crippen molar-refractivity contribution < 1.29 is 8.42 Å². The third kappa shape index (κ3) is 2.26. The first-order valence-corrected chi connectivity index (χ1v) is 7.96. The quantitative estimate of drug-likeness (QED) is 0.926. The second-order valence-electron chi connectivity index (χ2n) is 5.10. The molecule has 0 spiro atoms. The van der Waals surface area contributed by atoms with Crippen LogP contribution >= 0.6 is 0 Å². The molecular weight excluding hydrogens is 262 g/mol. The lowest BCUT2D eigenvalue weighted by molar-refractivity contribution is 0.554. The van der Waals surface area contributed by atoms with Gasteiger partial charge in [-0.25, -0.2) is 18.1 Å². The minimum atomic E-state index is -3.19. The van der Waals surface area contributed by atoms with E-state index in [1.54, 1.807) is 0 Å². The Hall–Kier alpha value is -1.40. The van der Waals surface area contributed by atoms with Crippen LogP contribution in [0.3, 0.4) is 0 Å². The highest BCUT2D eigenvalue weighted by atomic mass is 32.2. The Labute approximate surface area is 112 Å². The topological polar surface area (TPSA) is 64.0 Å². The molecule has 0 saturated heterocycles. The molecule has 1 aliphatic carbocycles. The number of rotatable bonds is 4. The maximum absolute atomic E-state index is 12.0. The van der Waals surface area contributed by atoms with Gasteiger partial charge in [0.25, 0.3) is 0 Å². The van der Waals surface area contributed by atoms with Crippen LogP contribution < -0.4 is 4.72 Å². The minimum Gasteiger partial charge on any atom is -0.330 e. The monoisotopic (exact) mass is 279 g/mol. The Morgan fingerprint density at radius 3 is 2.68 bits per heavy atom.